The lowest BCUT2D eigenvalue weighted by Gasteiger charge is -2.07. The Morgan fingerprint density at radius 1 is 1.06 bits per heavy atom. The van der Waals surface area contributed by atoms with Gasteiger partial charge in [0.05, 0.1) is 10.0 Å². The van der Waals surface area contributed by atoms with Crippen molar-refractivity contribution in [1.29, 1.82) is 0 Å². The number of anilines is 1. The van der Waals surface area contributed by atoms with Crippen LogP contribution in [0, 0.1) is 5.82 Å². The van der Waals surface area contributed by atoms with E-state index in [1.165, 1.54) is 12.1 Å². The molecule has 0 aliphatic heterocycles. The molecule has 2 aromatic rings. The van der Waals surface area contributed by atoms with Crippen molar-refractivity contribution in [2.24, 2.45) is 0 Å². The first-order valence-corrected chi connectivity index (χ1v) is 5.34. The van der Waals surface area contributed by atoms with Gasteiger partial charge in [-0.1, -0.05) is 35.3 Å². The number of nitrogen functional groups attached to an aromatic ring is 1. The summed E-state index contributed by atoms with van der Waals surface area (Å²) >= 11 is 11.9. The van der Waals surface area contributed by atoms with Crippen LogP contribution in [0.1, 0.15) is 0 Å². The van der Waals surface area contributed by atoms with Crippen molar-refractivity contribution in [3.8, 4) is 11.1 Å². The van der Waals surface area contributed by atoms with Crippen LogP contribution in [0.2, 0.25) is 10.0 Å². The smallest absolute Gasteiger partial charge is 0.123 e. The molecule has 0 atom stereocenters. The molecular formula is C12H8Cl2FN. The molecule has 4 heteroatoms. The molecule has 0 aromatic heterocycles. The largest absolute Gasteiger partial charge is 0.399 e. The minimum Gasteiger partial charge on any atom is -0.399 e. The predicted molar refractivity (Wildman–Crippen MR) is 66.3 cm³/mol. The van der Waals surface area contributed by atoms with Gasteiger partial charge in [0.1, 0.15) is 5.82 Å². The summed E-state index contributed by atoms with van der Waals surface area (Å²) in [6.45, 7) is 0. The second-order valence-electron chi connectivity index (χ2n) is 3.37. The second-order valence-corrected chi connectivity index (χ2v) is 4.16. The minimum absolute atomic E-state index is 0.327. The van der Waals surface area contributed by atoms with Crippen LogP contribution >= 0.6 is 23.2 Å². The molecule has 0 radical (unpaired) electrons. The highest BCUT2D eigenvalue weighted by Gasteiger charge is 2.09. The molecule has 2 rings (SSSR count). The number of rotatable bonds is 1. The summed E-state index contributed by atoms with van der Waals surface area (Å²) < 4.78 is 13.1. The summed E-state index contributed by atoms with van der Waals surface area (Å²) in [5.74, 6) is -0.327. The Kier molecular flexibility index (Phi) is 3.03. The average Bonchev–Trinajstić information content (AvgIpc) is 2.23. The standard InChI is InChI=1S/C12H8Cl2FN/c13-11-6-9(16)5-10(12(11)14)7-2-1-3-8(15)4-7/h1-6H,16H2. The first-order valence-electron chi connectivity index (χ1n) is 4.58. The fourth-order valence-corrected chi connectivity index (χ4v) is 1.92. The van der Waals surface area contributed by atoms with Crippen LogP contribution in [-0.2, 0) is 0 Å². The maximum Gasteiger partial charge on any atom is 0.123 e. The highest BCUT2D eigenvalue weighted by molar-refractivity contribution is 6.44. The maximum atomic E-state index is 13.1. The lowest BCUT2D eigenvalue weighted by atomic mass is 10.0. The zero-order valence-corrected chi connectivity index (χ0v) is 9.69. The molecule has 16 heavy (non-hydrogen) atoms. The quantitative estimate of drug-likeness (QED) is 0.752. The molecule has 0 heterocycles. The Morgan fingerprint density at radius 2 is 1.81 bits per heavy atom. The zero-order valence-electron chi connectivity index (χ0n) is 8.18. The van der Waals surface area contributed by atoms with Crippen LogP contribution < -0.4 is 5.73 Å². The van der Waals surface area contributed by atoms with E-state index in [0.29, 0.717) is 26.9 Å². The first-order chi connectivity index (χ1) is 7.58. The van der Waals surface area contributed by atoms with Gasteiger partial charge in [0.2, 0.25) is 0 Å². The molecule has 0 amide bonds. The highest BCUT2D eigenvalue weighted by atomic mass is 35.5. The molecule has 0 spiro atoms. The zero-order chi connectivity index (χ0) is 11.7. The third-order valence-corrected chi connectivity index (χ3v) is 2.99. The summed E-state index contributed by atoms with van der Waals surface area (Å²) in [7, 11) is 0. The SMILES string of the molecule is Nc1cc(Cl)c(Cl)c(-c2cccc(F)c2)c1. The van der Waals surface area contributed by atoms with Gasteiger partial charge in [-0.05, 0) is 29.8 Å². The van der Waals surface area contributed by atoms with Crippen LogP contribution in [0.4, 0.5) is 10.1 Å². The summed E-state index contributed by atoms with van der Waals surface area (Å²) in [5.41, 5.74) is 7.44. The van der Waals surface area contributed by atoms with Crippen molar-refractivity contribution < 1.29 is 4.39 Å². The molecule has 0 unspecified atom stereocenters. The molecule has 2 aromatic carbocycles. The summed E-state index contributed by atoms with van der Waals surface area (Å²) in [4.78, 5) is 0. The van der Waals surface area contributed by atoms with E-state index in [9.17, 15) is 4.39 Å². The fraction of sp³-hybridized carbons (Fsp3) is 0. The molecule has 82 valence electrons. The van der Waals surface area contributed by atoms with E-state index >= 15 is 0 Å². The average molecular weight is 256 g/mol. The number of hydrogen-bond donors (Lipinski definition) is 1. The summed E-state index contributed by atoms with van der Waals surface area (Å²) in [5, 5.41) is 0.738. The van der Waals surface area contributed by atoms with Gasteiger partial charge in [-0.25, -0.2) is 4.39 Å². The lowest BCUT2D eigenvalue weighted by Crippen LogP contribution is -1.88. The number of benzene rings is 2. The monoisotopic (exact) mass is 255 g/mol. The van der Waals surface area contributed by atoms with Gasteiger partial charge in [-0.3, -0.25) is 0 Å². The van der Waals surface area contributed by atoms with Gasteiger partial charge in [0.15, 0.2) is 0 Å². The van der Waals surface area contributed by atoms with Crippen LogP contribution in [-0.4, -0.2) is 0 Å². The van der Waals surface area contributed by atoms with E-state index in [2.05, 4.69) is 0 Å². The predicted octanol–water partition coefficient (Wildman–Crippen LogP) is 4.38. The van der Waals surface area contributed by atoms with Crippen molar-refractivity contribution in [1.82, 2.24) is 0 Å². The van der Waals surface area contributed by atoms with Gasteiger partial charge in [-0.15, -0.1) is 0 Å². The molecule has 0 fully saturated rings. The third kappa shape index (κ3) is 2.13. The molecular weight excluding hydrogens is 248 g/mol. The number of hydrogen-bond acceptors (Lipinski definition) is 1. The number of halogens is 3. The van der Waals surface area contributed by atoms with E-state index in [1.54, 1.807) is 24.3 Å². The van der Waals surface area contributed by atoms with Gasteiger partial charge in [0.25, 0.3) is 0 Å². The van der Waals surface area contributed by atoms with Gasteiger partial charge < -0.3 is 5.73 Å². The minimum atomic E-state index is -0.327. The molecule has 0 aliphatic carbocycles. The van der Waals surface area contributed by atoms with E-state index in [0.717, 1.165) is 0 Å². The van der Waals surface area contributed by atoms with Gasteiger partial charge in [-0.2, -0.15) is 0 Å². The molecule has 0 bridgehead atoms. The summed E-state index contributed by atoms with van der Waals surface area (Å²) in [6.07, 6.45) is 0. The van der Waals surface area contributed by atoms with E-state index in [4.69, 9.17) is 28.9 Å². The van der Waals surface area contributed by atoms with Crippen LogP contribution in [0.15, 0.2) is 36.4 Å². The van der Waals surface area contributed by atoms with Crippen molar-refractivity contribution in [3.63, 3.8) is 0 Å². The third-order valence-electron chi connectivity index (χ3n) is 2.19. The Balaban J connectivity index is 2.64. The maximum absolute atomic E-state index is 13.1. The normalized spacial score (nSPS) is 10.4. The van der Waals surface area contributed by atoms with Crippen LogP contribution in [0.25, 0.3) is 11.1 Å². The van der Waals surface area contributed by atoms with Crippen molar-refractivity contribution in [2.45, 2.75) is 0 Å². The molecule has 2 N–H and O–H groups in total. The Labute approximate surface area is 103 Å². The van der Waals surface area contributed by atoms with E-state index in [1.807, 2.05) is 0 Å². The Hall–Kier alpha value is -1.25. The fourth-order valence-electron chi connectivity index (χ4n) is 1.48. The molecule has 0 saturated heterocycles. The van der Waals surface area contributed by atoms with E-state index < -0.39 is 0 Å². The van der Waals surface area contributed by atoms with Crippen molar-refractivity contribution >= 4 is 28.9 Å². The second kappa shape index (κ2) is 4.32. The van der Waals surface area contributed by atoms with Crippen molar-refractivity contribution in [2.75, 3.05) is 5.73 Å². The van der Waals surface area contributed by atoms with Gasteiger partial charge >= 0.3 is 0 Å². The van der Waals surface area contributed by atoms with Gasteiger partial charge in [0, 0.05) is 11.3 Å². The molecule has 1 nitrogen and oxygen atoms in total. The van der Waals surface area contributed by atoms with E-state index in [-0.39, 0.29) is 5.82 Å². The Morgan fingerprint density at radius 3 is 2.50 bits per heavy atom. The Bertz CT molecular complexity index is 541. The molecule has 0 saturated carbocycles. The molecule has 0 aliphatic rings. The van der Waals surface area contributed by atoms with Crippen LogP contribution in [0.5, 0.6) is 0 Å². The topological polar surface area (TPSA) is 26.0 Å². The highest BCUT2D eigenvalue weighted by Crippen LogP contribution is 2.35. The van der Waals surface area contributed by atoms with Crippen LogP contribution in [0.3, 0.4) is 0 Å². The number of nitrogens with two attached hydrogens (primary N) is 1. The first kappa shape index (κ1) is 11.2. The van der Waals surface area contributed by atoms with Crippen molar-refractivity contribution in [3.05, 3.63) is 52.3 Å². The lowest BCUT2D eigenvalue weighted by molar-refractivity contribution is 0.628. The summed E-state index contributed by atoms with van der Waals surface area (Å²) in [6, 6.07) is 9.34.